The van der Waals surface area contributed by atoms with Crippen LogP contribution in [-0.4, -0.2) is 20.3 Å². The predicted octanol–water partition coefficient (Wildman–Crippen LogP) is 3.58. The topological polar surface area (TPSA) is 47.8 Å². The van der Waals surface area contributed by atoms with Gasteiger partial charge in [-0.1, -0.05) is 11.8 Å². The van der Waals surface area contributed by atoms with Crippen LogP contribution in [0.2, 0.25) is 0 Å². The quantitative estimate of drug-likeness (QED) is 0.527. The largest absolute Gasteiger partial charge is 0.287 e. The Balaban J connectivity index is 1.83. The molecule has 0 fully saturated rings. The van der Waals surface area contributed by atoms with Crippen molar-refractivity contribution in [1.82, 2.24) is 14.5 Å². The zero-order chi connectivity index (χ0) is 14.8. The summed E-state index contributed by atoms with van der Waals surface area (Å²) in [5.41, 5.74) is 3.88. The smallest absolute Gasteiger partial charge is 0.272 e. The van der Waals surface area contributed by atoms with Gasteiger partial charge in [0.2, 0.25) is 0 Å². The third-order valence-corrected chi connectivity index (χ3v) is 6.12. The summed E-state index contributed by atoms with van der Waals surface area (Å²) in [5, 5.41) is 2.74. The Morgan fingerprint density at radius 2 is 2.24 bits per heavy atom. The van der Waals surface area contributed by atoms with Crippen LogP contribution in [0.4, 0.5) is 0 Å². The molecule has 21 heavy (non-hydrogen) atoms. The van der Waals surface area contributed by atoms with E-state index >= 15 is 0 Å². The van der Waals surface area contributed by atoms with Gasteiger partial charge in [-0.2, -0.15) is 0 Å². The Bertz CT molecular complexity index is 818. The molecule has 3 heterocycles. The first-order valence-corrected chi connectivity index (χ1v) is 9.45. The minimum absolute atomic E-state index is 0.0778. The van der Waals surface area contributed by atoms with Crippen LogP contribution < -0.4 is 5.56 Å². The van der Waals surface area contributed by atoms with Crippen LogP contribution in [0.3, 0.4) is 0 Å². The molecule has 3 aromatic rings. The van der Waals surface area contributed by atoms with Crippen molar-refractivity contribution in [2.45, 2.75) is 32.0 Å². The fourth-order valence-electron chi connectivity index (χ4n) is 2.11. The SMILES string of the molecule is CCn1c(SCCc2scnc2C)nc2ccsc2c1=O. The Labute approximate surface area is 134 Å². The molecule has 4 nitrogen and oxygen atoms in total. The molecule has 0 amide bonds. The Morgan fingerprint density at radius 3 is 2.95 bits per heavy atom. The van der Waals surface area contributed by atoms with Gasteiger partial charge in [0.15, 0.2) is 5.16 Å². The van der Waals surface area contributed by atoms with E-state index in [1.165, 1.54) is 16.2 Å². The molecule has 7 heteroatoms. The van der Waals surface area contributed by atoms with Gasteiger partial charge in [0, 0.05) is 17.2 Å². The van der Waals surface area contributed by atoms with Crippen molar-refractivity contribution in [3.8, 4) is 0 Å². The molecule has 3 aromatic heterocycles. The molecule has 3 rings (SSSR count). The van der Waals surface area contributed by atoms with Crippen molar-refractivity contribution in [3.63, 3.8) is 0 Å². The zero-order valence-electron chi connectivity index (χ0n) is 11.8. The average Bonchev–Trinajstić information content (AvgIpc) is 3.09. The average molecular weight is 337 g/mol. The van der Waals surface area contributed by atoms with Crippen molar-refractivity contribution >= 4 is 44.7 Å². The molecular formula is C14H15N3OS3. The lowest BCUT2D eigenvalue weighted by molar-refractivity contribution is 0.635. The fourth-order valence-corrected chi connectivity index (χ4v) is 4.82. The van der Waals surface area contributed by atoms with Gasteiger partial charge in [-0.05, 0) is 31.7 Å². The number of thioether (sulfide) groups is 1. The Morgan fingerprint density at radius 1 is 1.38 bits per heavy atom. The van der Waals surface area contributed by atoms with Crippen molar-refractivity contribution in [2.75, 3.05) is 5.75 Å². The van der Waals surface area contributed by atoms with Crippen LogP contribution in [0.1, 0.15) is 17.5 Å². The van der Waals surface area contributed by atoms with Crippen molar-refractivity contribution in [1.29, 1.82) is 0 Å². The molecule has 0 saturated heterocycles. The van der Waals surface area contributed by atoms with Gasteiger partial charge in [0.05, 0.1) is 16.7 Å². The van der Waals surface area contributed by atoms with E-state index in [1.54, 1.807) is 27.7 Å². The summed E-state index contributed by atoms with van der Waals surface area (Å²) in [6.07, 6.45) is 0.961. The number of thiophene rings is 1. The first kappa shape index (κ1) is 14.7. The molecule has 0 aliphatic heterocycles. The summed E-state index contributed by atoms with van der Waals surface area (Å²) in [7, 11) is 0. The van der Waals surface area contributed by atoms with Gasteiger partial charge >= 0.3 is 0 Å². The minimum atomic E-state index is 0.0778. The van der Waals surface area contributed by atoms with Crippen LogP contribution in [-0.2, 0) is 13.0 Å². The molecule has 0 spiro atoms. The molecule has 0 aliphatic rings. The third kappa shape index (κ3) is 2.90. The predicted molar refractivity (Wildman–Crippen MR) is 90.8 cm³/mol. The van der Waals surface area contributed by atoms with Crippen LogP contribution in [0.15, 0.2) is 26.9 Å². The summed E-state index contributed by atoms with van der Waals surface area (Å²) < 4.78 is 2.52. The van der Waals surface area contributed by atoms with E-state index in [2.05, 4.69) is 9.97 Å². The molecule has 0 bridgehead atoms. The van der Waals surface area contributed by atoms with Crippen molar-refractivity contribution in [3.05, 3.63) is 37.9 Å². The van der Waals surface area contributed by atoms with E-state index in [1.807, 2.05) is 30.8 Å². The molecule has 0 aliphatic carbocycles. The van der Waals surface area contributed by atoms with Crippen molar-refractivity contribution < 1.29 is 0 Å². The molecule has 110 valence electrons. The maximum Gasteiger partial charge on any atom is 0.272 e. The highest BCUT2D eigenvalue weighted by Crippen LogP contribution is 2.23. The highest BCUT2D eigenvalue weighted by atomic mass is 32.2. The van der Waals surface area contributed by atoms with Crippen LogP contribution in [0, 0.1) is 6.92 Å². The maximum atomic E-state index is 12.4. The second-order valence-electron chi connectivity index (χ2n) is 4.54. The molecule has 0 N–H and O–H groups in total. The number of aryl methyl sites for hydroxylation is 2. The monoisotopic (exact) mass is 337 g/mol. The second-order valence-corrected chi connectivity index (χ2v) is 7.46. The molecule has 0 radical (unpaired) electrons. The van der Waals surface area contributed by atoms with Crippen molar-refractivity contribution in [2.24, 2.45) is 0 Å². The molecule has 0 atom stereocenters. The van der Waals surface area contributed by atoms with Crippen LogP contribution in [0.5, 0.6) is 0 Å². The van der Waals surface area contributed by atoms with Gasteiger partial charge in [-0.15, -0.1) is 22.7 Å². The lowest BCUT2D eigenvalue weighted by Gasteiger charge is -2.09. The fraction of sp³-hybridized carbons (Fsp3) is 0.357. The van der Waals surface area contributed by atoms with E-state index < -0.39 is 0 Å². The molecule has 0 saturated carbocycles. The van der Waals surface area contributed by atoms with Gasteiger partial charge in [-0.25, -0.2) is 9.97 Å². The van der Waals surface area contributed by atoms with E-state index in [0.29, 0.717) is 6.54 Å². The Kier molecular flexibility index (Phi) is 4.42. The zero-order valence-corrected chi connectivity index (χ0v) is 14.3. The van der Waals surface area contributed by atoms with Crippen LogP contribution in [0.25, 0.3) is 10.2 Å². The molecular weight excluding hydrogens is 322 g/mol. The van der Waals surface area contributed by atoms with E-state index in [0.717, 1.165) is 33.2 Å². The van der Waals surface area contributed by atoms with Gasteiger partial charge in [-0.3, -0.25) is 9.36 Å². The summed E-state index contributed by atoms with van der Waals surface area (Å²) in [5.74, 6) is 0.908. The summed E-state index contributed by atoms with van der Waals surface area (Å²) in [4.78, 5) is 22.6. The van der Waals surface area contributed by atoms with E-state index in [4.69, 9.17) is 0 Å². The lowest BCUT2D eigenvalue weighted by Crippen LogP contribution is -2.21. The lowest BCUT2D eigenvalue weighted by atomic mass is 10.3. The minimum Gasteiger partial charge on any atom is -0.287 e. The number of rotatable bonds is 5. The molecule has 0 unspecified atom stereocenters. The number of aromatic nitrogens is 3. The first-order valence-electron chi connectivity index (χ1n) is 6.70. The summed E-state index contributed by atoms with van der Waals surface area (Å²) in [6, 6.07) is 1.92. The number of hydrogen-bond acceptors (Lipinski definition) is 6. The molecule has 0 aromatic carbocycles. The maximum absolute atomic E-state index is 12.4. The van der Waals surface area contributed by atoms with Gasteiger partial charge in [0.1, 0.15) is 4.70 Å². The van der Waals surface area contributed by atoms with E-state index in [-0.39, 0.29) is 5.56 Å². The number of nitrogens with zero attached hydrogens (tertiary/aromatic N) is 3. The number of fused-ring (bicyclic) bond motifs is 1. The summed E-state index contributed by atoms with van der Waals surface area (Å²) in [6.45, 7) is 4.68. The normalized spacial score (nSPS) is 11.3. The van der Waals surface area contributed by atoms with Gasteiger partial charge < -0.3 is 0 Å². The summed E-state index contributed by atoms with van der Waals surface area (Å²) >= 11 is 4.80. The number of hydrogen-bond donors (Lipinski definition) is 0. The Hall–Kier alpha value is -1.18. The third-order valence-electron chi connectivity index (χ3n) is 3.25. The second kappa shape index (κ2) is 6.29. The standard InChI is InChI=1S/C14H15N3OS3/c1-3-17-13(18)12-10(4-6-19-12)16-14(17)20-7-5-11-9(2)15-8-21-11/h4,6,8H,3,5,7H2,1-2H3. The van der Waals surface area contributed by atoms with Gasteiger partial charge in [0.25, 0.3) is 5.56 Å². The number of thiazole rings is 1. The first-order chi connectivity index (χ1) is 10.2. The van der Waals surface area contributed by atoms with Crippen LogP contribution >= 0.6 is 34.4 Å². The highest BCUT2D eigenvalue weighted by molar-refractivity contribution is 7.99. The van der Waals surface area contributed by atoms with E-state index in [9.17, 15) is 4.79 Å². The highest BCUT2D eigenvalue weighted by Gasteiger charge is 2.11.